The van der Waals surface area contributed by atoms with Crippen LogP contribution in [0.25, 0.3) is 0 Å². The first kappa shape index (κ1) is 11.3. The van der Waals surface area contributed by atoms with Gasteiger partial charge in [0, 0.05) is 12.8 Å². The zero-order valence-corrected chi connectivity index (χ0v) is 8.76. The zero-order valence-electron chi connectivity index (χ0n) is 8.76. The minimum atomic E-state index is 0.604. The number of hydrogen-bond acceptors (Lipinski definition) is 2. The van der Waals surface area contributed by atoms with E-state index in [1.54, 1.807) is 0 Å². The van der Waals surface area contributed by atoms with Crippen LogP contribution in [0.2, 0.25) is 0 Å². The summed E-state index contributed by atoms with van der Waals surface area (Å²) < 4.78 is 4.15. The van der Waals surface area contributed by atoms with Gasteiger partial charge in [-0.15, -0.1) is 0 Å². The van der Waals surface area contributed by atoms with Crippen LogP contribution in [-0.4, -0.2) is 4.57 Å². The SMILES string of the molecule is N#CCCCn1cc[n+](CCCC#N)c1. The van der Waals surface area contributed by atoms with Crippen LogP contribution in [0.3, 0.4) is 0 Å². The fraction of sp³-hybridized carbons (Fsp3) is 0.545. The van der Waals surface area contributed by atoms with E-state index in [2.05, 4.69) is 21.3 Å². The monoisotopic (exact) mass is 203 g/mol. The Hall–Kier alpha value is -1.81. The van der Waals surface area contributed by atoms with Crippen LogP contribution in [0.5, 0.6) is 0 Å². The molecule has 0 fully saturated rings. The van der Waals surface area contributed by atoms with Gasteiger partial charge in [-0.25, -0.2) is 9.13 Å². The fourth-order valence-corrected chi connectivity index (χ4v) is 1.38. The van der Waals surface area contributed by atoms with E-state index in [0.29, 0.717) is 12.8 Å². The zero-order chi connectivity index (χ0) is 10.9. The van der Waals surface area contributed by atoms with E-state index < -0.39 is 0 Å². The molecule has 0 bridgehead atoms. The van der Waals surface area contributed by atoms with Crippen LogP contribution in [-0.2, 0) is 13.1 Å². The van der Waals surface area contributed by atoms with Crippen LogP contribution in [0.15, 0.2) is 18.7 Å². The van der Waals surface area contributed by atoms with Crippen LogP contribution >= 0.6 is 0 Å². The van der Waals surface area contributed by atoms with Crippen molar-refractivity contribution in [3.8, 4) is 12.1 Å². The lowest BCUT2D eigenvalue weighted by atomic mass is 10.3. The molecule has 0 amide bonds. The van der Waals surface area contributed by atoms with E-state index in [1.165, 1.54) is 0 Å². The molecule has 0 saturated carbocycles. The summed E-state index contributed by atoms with van der Waals surface area (Å²) >= 11 is 0. The van der Waals surface area contributed by atoms with E-state index in [-0.39, 0.29) is 0 Å². The molecular weight excluding hydrogens is 188 g/mol. The van der Waals surface area contributed by atoms with E-state index >= 15 is 0 Å². The summed E-state index contributed by atoms with van der Waals surface area (Å²) in [5.41, 5.74) is 0. The molecule has 0 radical (unpaired) electrons. The van der Waals surface area contributed by atoms with Crippen molar-refractivity contribution in [2.24, 2.45) is 0 Å². The molecule has 1 aromatic rings. The molecule has 78 valence electrons. The summed E-state index contributed by atoms with van der Waals surface area (Å²) in [5.74, 6) is 0. The molecule has 15 heavy (non-hydrogen) atoms. The third kappa shape index (κ3) is 4.28. The largest absolute Gasteiger partial charge is 0.243 e. The molecule has 1 aromatic heterocycles. The normalized spacial score (nSPS) is 9.47. The smallest absolute Gasteiger partial charge is 0.237 e. The Balaban J connectivity index is 2.30. The minimum absolute atomic E-state index is 0.604. The van der Waals surface area contributed by atoms with Gasteiger partial charge in [-0.2, -0.15) is 10.5 Å². The van der Waals surface area contributed by atoms with Crippen molar-refractivity contribution in [3.63, 3.8) is 0 Å². The molecule has 0 aliphatic carbocycles. The number of unbranched alkanes of at least 4 members (excludes halogenated alkanes) is 2. The Labute approximate surface area is 90.0 Å². The summed E-state index contributed by atoms with van der Waals surface area (Å²) in [5, 5.41) is 16.8. The maximum absolute atomic E-state index is 8.40. The molecule has 0 saturated heterocycles. The Morgan fingerprint density at radius 3 is 2.60 bits per heavy atom. The van der Waals surface area contributed by atoms with Crippen molar-refractivity contribution >= 4 is 0 Å². The Bertz CT molecular complexity index is 332. The lowest BCUT2D eigenvalue weighted by molar-refractivity contribution is -0.696. The maximum atomic E-state index is 8.40. The predicted molar refractivity (Wildman–Crippen MR) is 54.3 cm³/mol. The third-order valence-electron chi connectivity index (χ3n) is 2.16. The van der Waals surface area contributed by atoms with E-state index in [0.717, 1.165) is 25.9 Å². The number of aryl methyl sites for hydroxylation is 2. The van der Waals surface area contributed by atoms with Crippen LogP contribution in [0.4, 0.5) is 0 Å². The van der Waals surface area contributed by atoms with E-state index in [4.69, 9.17) is 10.5 Å². The summed E-state index contributed by atoms with van der Waals surface area (Å²) in [6.45, 7) is 1.78. The molecule has 0 aliphatic rings. The van der Waals surface area contributed by atoms with Crippen molar-refractivity contribution in [2.45, 2.75) is 38.8 Å². The van der Waals surface area contributed by atoms with Gasteiger partial charge in [-0.3, -0.25) is 0 Å². The average molecular weight is 203 g/mol. The second-order valence-corrected chi connectivity index (χ2v) is 3.41. The standard InChI is InChI=1S/C11H15N4/c12-5-1-3-7-14-9-10-15(11-14)8-4-2-6-13/h9-11H,1-4,7-8H2/q+1. The highest BCUT2D eigenvalue weighted by atomic mass is 15.1. The van der Waals surface area contributed by atoms with Gasteiger partial charge < -0.3 is 0 Å². The summed E-state index contributed by atoms with van der Waals surface area (Å²) in [6, 6.07) is 4.26. The second kappa shape index (κ2) is 6.62. The topological polar surface area (TPSA) is 56.4 Å². The van der Waals surface area contributed by atoms with Crippen molar-refractivity contribution in [3.05, 3.63) is 18.7 Å². The summed E-state index contributed by atoms with van der Waals surface area (Å²) in [4.78, 5) is 0. The van der Waals surface area contributed by atoms with Gasteiger partial charge in [-0.1, -0.05) is 0 Å². The van der Waals surface area contributed by atoms with Gasteiger partial charge in [0.25, 0.3) is 0 Å². The molecule has 0 aromatic carbocycles. The summed E-state index contributed by atoms with van der Waals surface area (Å²) in [6.07, 6.45) is 9.02. The fourth-order valence-electron chi connectivity index (χ4n) is 1.38. The molecule has 0 N–H and O–H groups in total. The lowest BCUT2D eigenvalue weighted by Crippen LogP contribution is -2.30. The lowest BCUT2D eigenvalue weighted by Gasteiger charge is -1.92. The molecule has 0 atom stereocenters. The van der Waals surface area contributed by atoms with Crippen molar-refractivity contribution in [1.29, 1.82) is 10.5 Å². The number of nitrogens with zero attached hydrogens (tertiary/aromatic N) is 4. The highest BCUT2D eigenvalue weighted by molar-refractivity contribution is 4.71. The first-order valence-electron chi connectivity index (χ1n) is 5.15. The second-order valence-electron chi connectivity index (χ2n) is 3.41. The Morgan fingerprint density at radius 1 is 1.13 bits per heavy atom. The van der Waals surface area contributed by atoms with Crippen molar-refractivity contribution in [2.75, 3.05) is 0 Å². The number of rotatable bonds is 6. The van der Waals surface area contributed by atoms with Gasteiger partial charge in [0.05, 0.1) is 25.2 Å². The highest BCUT2D eigenvalue weighted by Crippen LogP contribution is 1.94. The van der Waals surface area contributed by atoms with Gasteiger partial charge in [-0.05, 0) is 12.8 Å². The molecule has 0 unspecified atom stereocenters. The van der Waals surface area contributed by atoms with E-state index in [9.17, 15) is 0 Å². The maximum Gasteiger partial charge on any atom is 0.243 e. The molecule has 1 rings (SSSR count). The number of aromatic nitrogens is 2. The molecule has 0 aliphatic heterocycles. The molecule has 0 spiro atoms. The van der Waals surface area contributed by atoms with Crippen molar-refractivity contribution in [1.82, 2.24) is 4.57 Å². The predicted octanol–water partition coefficient (Wildman–Crippen LogP) is 1.38. The van der Waals surface area contributed by atoms with Gasteiger partial charge >= 0.3 is 0 Å². The number of nitriles is 2. The van der Waals surface area contributed by atoms with E-state index in [1.807, 2.05) is 18.7 Å². The van der Waals surface area contributed by atoms with Crippen molar-refractivity contribution < 1.29 is 4.57 Å². The first-order chi connectivity index (χ1) is 7.36. The van der Waals surface area contributed by atoms with Crippen LogP contribution < -0.4 is 4.57 Å². The quantitative estimate of drug-likeness (QED) is 0.518. The average Bonchev–Trinajstić information content (AvgIpc) is 2.67. The number of imidazole rings is 1. The van der Waals surface area contributed by atoms with Gasteiger partial charge in [0.15, 0.2) is 0 Å². The molecular formula is C11H15N4+. The minimum Gasteiger partial charge on any atom is -0.237 e. The van der Waals surface area contributed by atoms with Crippen LogP contribution in [0, 0.1) is 22.7 Å². The Morgan fingerprint density at radius 2 is 1.87 bits per heavy atom. The third-order valence-corrected chi connectivity index (χ3v) is 2.16. The van der Waals surface area contributed by atoms with Crippen LogP contribution in [0.1, 0.15) is 25.7 Å². The Kier molecular flexibility index (Phi) is 4.97. The molecule has 4 heteroatoms. The van der Waals surface area contributed by atoms with Gasteiger partial charge in [0.2, 0.25) is 6.33 Å². The molecule has 4 nitrogen and oxygen atoms in total. The first-order valence-corrected chi connectivity index (χ1v) is 5.15. The summed E-state index contributed by atoms with van der Waals surface area (Å²) in [7, 11) is 0. The van der Waals surface area contributed by atoms with Gasteiger partial charge in [0.1, 0.15) is 12.4 Å². The highest BCUT2D eigenvalue weighted by Gasteiger charge is 2.02. The molecule has 1 heterocycles. The number of hydrogen-bond donors (Lipinski definition) is 0.